The van der Waals surface area contributed by atoms with E-state index in [1.807, 2.05) is 0 Å². The van der Waals surface area contributed by atoms with Gasteiger partial charge in [-0.25, -0.2) is 9.78 Å². The van der Waals surface area contributed by atoms with E-state index in [1.54, 1.807) is 32.2 Å². The van der Waals surface area contributed by atoms with Gasteiger partial charge in [0.15, 0.2) is 0 Å². The van der Waals surface area contributed by atoms with Crippen LogP contribution in [0.25, 0.3) is 5.65 Å². The molecule has 8 heteroatoms. The number of pyridine rings is 1. The van der Waals surface area contributed by atoms with Gasteiger partial charge in [0.05, 0.1) is 11.8 Å². The zero-order valence-corrected chi connectivity index (χ0v) is 13.8. The molecule has 2 N–H and O–H groups in total. The largest absolute Gasteiger partial charge is 0.443 e. The van der Waals surface area contributed by atoms with Gasteiger partial charge in [-0.3, -0.25) is 9.20 Å². The Morgan fingerprint density at radius 3 is 3.00 bits per heavy atom. The van der Waals surface area contributed by atoms with Crippen LogP contribution in [0.15, 0.2) is 27.6 Å². The van der Waals surface area contributed by atoms with Crippen LogP contribution in [0.1, 0.15) is 18.2 Å². The number of aliphatic hydroxyl groups is 1. The van der Waals surface area contributed by atoms with Gasteiger partial charge in [-0.05, 0) is 26.0 Å². The minimum Gasteiger partial charge on any atom is -0.443 e. The molecule has 0 saturated carbocycles. The fraction of sp³-hybridized carbons (Fsp3) is 0.357. The van der Waals surface area contributed by atoms with Gasteiger partial charge in [0.1, 0.15) is 12.3 Å². The maximum absolute atomic E-state index is 12.2. The van der Waals surface area contributed by atoms with Crippen LogP contribution in [0.5, 0.6) is 0 Å². The second-order valence-electron chi connectivity index (χ2n) is 4.87. The number of alkyl carbamates (subject to hydrolysis) is 1. The fourth-order valence-corrected chi connectivity index (χ4v) is 2.13. The third kappa shape index (κ3) is 3.83. The predicted octanol–water partition coefficient (Wildman–Crippen LogP) is 1.37. The molecular formula is C14H16BrN3O4. The minimum absolute atomic E-state index is 0.0958. The third-order valence-corrected chi connectivity index (χ3v) is 3.49. The Morgan fingerprint density at radius 2 is 2.32 bits per heavy atom. The highest BCUT2D eigenvalue weighted by Gasteiger charge is 2.11. The molecule has 2 rings (SSSR count). The summed E-state index contributed by atoms with van der Waals surface area (Å²) in [6, 6.07) is 3.45. The van der Waals surface area contributed by atoms with Gasteiger partial charge in [-0.15, -0.1) is 0 Å². The predicted molar refractivity (Wildman–Crippen MR) is 83.8 cm³/mol. The SMILES string of the molecule is Cc1c(COC(=O)NCC(C)O)nc2cc(Br)ccn2c1=O. The molecule has 0 aliphatic heterocycles. The average molecular weight is 370 g/mol. The molecule has 0 fully saturated rings. The van der Waals surface area contributed by atoms with Crippen LogP contribution >= 0.6 is 15.9 Å². The van der Waals surface area contributed by atoms with Gasteiger partial charge >= 0.3 is 6.09 Å². The molecule has 22 heavy (non-hydrogen) atoms. The number of ether oxygens (including phenoxy) is 1. The molecule has 0 aliphatic rings. The van der Waals surface area contributed by atoms with E-state index in [1.165, 1.54) is 4.40 Å². The topological polar surface area (TPSA) is 92.9 Å². The van der Waals surface area contributed by atoms with Gasteiger partial charge in [0.2, 0.25) is 0 Å². The first-order valence-electron chi connectivity index (χ1n) is 6.64. The van der Waals surface area contributed by atoms with Crippen molar-refractivity contribution in [1.82, 2.24) is 14.7 Å². The molecule has 1 amide bonds. The Bertz CT molecular complexity index is 758. The van der Waals surface area contributed by atoms with Crippen LogP contribution in [0.3, 0.4) is 0 Å². The smallest absolute Gasteiger partial charge is 0.407 e. The molecule has 2 aromatic heterocycles. The summed E-state index contributed by atoms with van der Waals surface area (Å²) >= 11 is 3.32. The Labute approximate surface area is 135 Å². The molecule has 0 aromatic carbocycles. The van der Waals surface area contributed by atoms with E-state index in [0.29, 0.717) is 16.9 Å². The normalized spacial score (nSPS) is 12.2. The number of nitrogens with zero attached hydrogens (tertiary/aromatic N) is 2. The molecule has 0 spiro atoms. The van der Waals surface area contributed by atoms with Crippen LogP contribution in [0.2, 0.25) is 0 Å². The quantitative estimate of drug-likeness (QED) is 0.848. The molecule has 7 nitrogen and oxygen atoms in total. The van der Waals surface area contributed by atoms with Crippen LogP contribution in [-0.2, 0) is 11.3 Å². The van der Waals surface area contributed by atoms with E-state index in [9.17, 15) is 9.59 Å². The number of fused-ring (bicyclic) bond motifs is 1. The average Bonchev–Trinajstić information content (AvgIpc) is 2.47. The lowest BCUT2D eigenvalue weighted by Crippen LogP contribution is -2.31. The standard InChI is InChI=1S/C14H16BrN3O4/c1-8(19)6-16-14(21)22-7-11-9(2)13(20)18-4-3-10(15)5-12(18)17-11/h3-5,8,19H,6-7H2,1-2H3,(H,16,21). The van der Waals surface area contributed by atoms with Crippen molar-refractivity contribution in [2.45, 2.75) is 26.6 Å². The number of carbonyl (C=O) groups excluding carboxylic acids is 1. The Balaban J connectivity index is 2.19. The molecule has 1 unspecified atom stereocenters. The lowest BCUT2D eigenvalue weighted by atomic mass is 10.2. The van der Waals surface area contributed by atoms with Crippen molar-refractivity contribution in [3.63, 3.8) is 0 Å². The summed E-state index contributed by atoms with van der Waals surface area (Å²) in [4.78, 5) is 28.1. The second-order valence-corrected chi connectivity index (χ2v) is 5.78. The number of rotatable bonds is 4. The van der Waals surface area contributed by atoms with E-state index in [2.05, 4.69) is 26.2 Å². The molecule has 0 saturated heterocycles. The van der Waals surface area contributed by atoms with Gasteiger partial charge in [0.25, 0.3) is 5.56 Å². The van der Waals surface area contributed by atoms with Crippen LogP contribution < -0.4 is 10.9 Å². The number of aromatic nitrogens is 2. The lowest BCUT2D eigenvalue weighted by Gasteiger charge is -2.10. The lowest BCUT2D eigenvalue weighted by molar-refractivity contribution is 0.128. The number of hydrogen-bond donors (Lipinski definition) is 2. The maximum Gasteiger partial charge on any atom is 0.407 e. The van der Waals surface area contributed by atoms with E-state index in [4.69, 9.17) is 9.84 Å². The zero-order valence-electron chi connectivity index (χ0n) is 12.2. The molecule has 2 aromatic rings. The van der Waals surface area contributed by atoms with Crippen molar-refractivity contribution in [2.24, 2.45) is 0 Å². The van der Waals surface area contributed by atoms with Crippen molar-refractivity contribution in [3.8, 4) is 0 Å². The molecule has 0 bridgehead atoms. The first-order valence-corrected chi connectivity index (χ1v) is 7.44. The summed E-state index contributed by atoms with van der Waals surface area (Å²) in [5, 5.41) is 11.5. The number of carbonyl (C=O) groups is 1. The van der Waals surface area contributed by atoms with Gasteiger partial charge in [-0.1, -0.05) is 15.9 Å². The van der Waals surface area contributed by atoms with Crippen molar-refractivity contribution >= 4 is 27.7 Å². The Kier molecular flexibility index (Phi) is 5.15. The molecule has 0 aliphatic carbocycles. The van der Waals surface area contributed by atoms with E-state index in [0.717, 1.165) is 4.47 Å². The number of halogens is 1. The van der Waals surface area contributed by atoms with Gasteiger partial charge < -0.3 is 15.2 Å². The third-order valence-electron chi connectivity index (χ3n) is 3.00. The highest BCUT2D eigenvalue weighted by atomic mass is 79.9. The number of hydrogen-bond acceptors (Lipinski definition) is 5. The summed E-state index contributed by atoms with van der Waals surface area (Å²) in [5.74, 6) is 0. The van der Waals surface area contributed by atoms with Crippen molar-refractivity contribution < 1.29 is 14.6 Å². The van der Waals surface area contributed by atoms with Crippen molar-refractivity contribution in [1.29, 1.82) is 0 Å². The first-order chi connectivity index (χ1) is 10.4. The first kappa shape index (κ1) is 16.4. The second kappa shape index (κ2) is 6.89. The maximum atomic E-state index is 12.2. The Hall–Kier alpha value is -1.93. The van der Waals surface area contributed by atoms with E-state index >= 15 is 0 Å². The van der Waals surface area contributed by atoms with Gasteiger partial charge in [0, 0.05) is 22.8 Å². The van der Waals surface area contributed by atoms with E-state index in [-0.39, 0.29) is 18.7 Å². The van der Waals surface area contributed by atoms with Crippen LogP contribution in [-0.4, -0.2) is 33.2 Å². The van der Waals surface area contributed by atoms with Crippen LogP contribution in [0, 0.1) is 6.92 Å². The molecule has 2 heterocycles. The summed E-state index contributed by atoms with van der Waals surface area (Å²) in [6.07, 6.45) is 0.300. The van der Waals surface area contributed by atoms with Crippen molar-refractivity contribution in [3.05, 3.63) is 44.4 Å². The summed E-state index contributed by atoms with van der Waals surface area (Å²) in [7, 11) is 0. The number of nitrogens with one attached hydrogen (secondary N) is 1. The Morgan fingerprint density at radius 1 is 1.59 bits per heavy atom. The summed E-state index contributed by atoms with van der Waals surface area (Å²) < 4.78 is 7.23. The molecule has 1 atom stereocenters. The zero-order chi connectivity index (χ0) is 16.3. The molecular weight excluding hydrogens is 354 g/mol. The van der Waals surface area contributed by atoms with Gasteiger partial charge in [-0.2, -0.15) is 0 Å². The minimum atomic E-state index is -0.670. The monoisotopic (exact) mass is 369 g/mol. The highest BCUT2D eigenvalue weighted by molar-refractivity contribution is 9.10. The molecule has 0 radical (unpaired) electrons. The van der Waals surface area contributed by atoms with Crippen LogP contribution in [0.4, 0.5) is 4.79 Å². The highest BCUT2D eigenvalue weighted by Crippen LogP contribution is 2.12. The van der Waals surface area contributed by atoms with E-state index < -0.39 is 12.2 Å². The fourth-order valence-electron chi connectivity index (χ4n) is 1.80. The number of aliphatic hydroxyl groups excluding tert-OH is 1. The van der Waals surface area contributed by atoms with Crippen molar-refractivity contribution in [2.75, 3.05) is 6.54 Å². The number of amides is 1. The summed E-state index contributed by atoms with van der Waals surface area (Å²) in [5.41, 5.74) is 1.08. The summed E-state index contributed by atoms with van der Waals surface area (Å²) in [6.45, 7) is 3.17. The molecule has 118 valence electrons.